The standard InChI is InChI=1S/C26H34O9/c1-32-24-18-12-15(21(29)25(24)33-2)5-3-4-6-16(9-7-14-8-10-19(27)17(18)11-14)35-26-23(31)22(30)20(28)13-34-26/h8,10-12,16,20,22-23,26-31H,3-7,9,13H2,1-2H3. The van der Waals surface area contributed by atoms with Gasteiger partial charge in [-0.2, -0.15) is 0 Å². The molecule has 0 radical (unpaired) electrons. The first-order valence-electron chi connectivity index (χ1n) is 11.9. The van der Waals surface area contributed by atoms with Gasteiger partial charge in [0, 0.05) is 11.1 Å². The largest absolute Gasteiger partial charge is 0.507 e. The summed E-state index contributed by atoms with van der Waals surface area (Å²) in [5.41, 5.74) is 2.85. The Balaban J connectivity index is 1.64. The van der Waals surface area contributed by atoms with Crippen LogP contribution in [0.1, 0.15) is 36.8 Å². The Morgan fingerprint density at radius 1 is 0.857 bits per heavy atom. The van der Waals surface area contributed by atoms with Crippen LogP contribution in [-0.2, 0) is 22.3 Å². The van der Waals surface area contributed by atoms with E-state index >= 15 is 0 Å². The third kappa shape index (κ3) is 5.34. The predicted octanol–water partition coefficient (Wildman–Crippen LogP) is 2.27. The maximum atomic E-state index is 10.8. The number of methoxy groups -OCH3 is 2. The van der Waals surface area contributed by atoms with Gasteiger partial charge in [0.25, 0.3) is 0 Å². The topological polar surface area (TPSA) is 138 Å². The molecule has 2 aliphatic rings. The molecule has 4 rings (SSSR count). The van der Waals surface area contributed by atoms with Crippen LogP contribution < -0.4 is 9.47 Å². The second kappa shape index (κ2) is 11.0. The molecule has 0 saturated carbocycles. The first-order valence-corrected chi connectivity index (χ1v) is 11.9. The van der Waals surface area contributed by atoms with Crippen molar-refractivity contribution in [1.29, 1.82) is 0 Å². The van der Waals surface area contributed by atoms with E-state index in [1.165, 1.54) is 14.2 Å². The highest BCUT2D eigenvalue weighted by Crippen LogP contribution is 2.48. The molecule has 9 heteroatoms. The molecule has 2 aromatic carbocycles. The number of phenolic OH excluding ortho intramolecular Hbond substituents is 2. The number of aromatic hydroxyl groups is 2. The minimum absolute atomic E-state index is 0.0117. The molecule has 5 atom stereocenters. The van der Waals surface area contributed by atoms with Gasteiger partial charge in [0.05, 0.1) is 26.9 Å². The van der Waals surface area contributed by atoms with Crippen molar-refractivity contribution >= 4 is 0 Å². The lowest BCUT2D eigenvalue weighted by molar-refractivity contribution is -0.283. The van der Waals surface area contributed by atoms with Crippen molar-refractivity contribution < 1.29 is 44.5 Å². The van der Waals surface area contributed by atoms with Gasteiger partial charge in [-0.1, -0.05) is 12.5 Å². The zero-order chi connectivity index (χ0) is 25.1. The second-order valence-corrected chi connectivity index (χ2v) is 9.14. The highest BCUT2D eigenvalue weighted by molar-refractivity contribution is 5.81. The number of benzene rings is 2. The van der Waals surface area contributed by atoms with Crippen LogP contribution in [-0.4, -0.2) is 77.1 Å². The lowest BCUT2D eigenvalue weighted by Gasteiger charge is -2.36. The van der Waals surface area contributed by atoms with Crippen molar-refractivity contribution in [3.63, 3.8) is 0 Å². The number of aliphatic hydroxyl groups excluding tert-OH is 3. The molecule has 1 aliphatic carbocycles. The molecule has 0 amide bonds. The maximum Gasteiger partial charge on any atom is 0.203 e. The van der Waals surface area contributed by atoms with E-state index in [-0.39, 0.29) is 30.0 Å². The van der Waals surface area contributed by atoms with Gasteiger partial charge < -0.3 is 44.5 Å². The summed E-state index contributed by atoms with van der Waals surface area (Å²) in [6.45, 7) is -0.116. The lowest BCUT2D eigenvalue weighted by atomic mass is 9.95. The molecular weight excluding hydrogens is 456 g/mol. The van der Waals surface area contributed by atoms with Crippen LogP contribution in [0, 0.1) is 0 Å². The van der Waals surface area contributed by atoms with E-state index in [9.17, 15) is 25.5 Å². The normalized spacial score (nSPS) is 27.3. The van der Waals surface area contributed by atoms with Crippen LogP contribution in [0.5, 0.6) is 23.0 Å². The minimum atomic E-state index is -1.35. The highest BCUT2D eigenvalue weighted by Gasteiger charge is 2.39. The maximum absolute atomic E-state index is 10.8. The van der Waals surface area contributed by atoms with Crippen LogP contribution in [0.15, 0.2) is 24.3 Å². The van der Waals surface area contributed by atoms with Gasteiger partial charge in [-0.25, -0.2) is 0 Å². The van der Waals surface area contributed by atoms with Crippen LogP contribution in [0.2, 0.25) is 0 Å². The zero-order valence-electron chi connectivity index (χ0n) is 20.0. The quantitative estimate of drug-likeness (QED) is 0.437. The van der Waals surface area contributed by atoms with Gasteiger partial charge in [0.1, 0.15) is 24.1 Å². The van der Waals surface area contributed by atoms with Crippen molar-refractivity contribution in [3.05, 3.63) is 35.4 Å². The van der Waals surface area contributed by atoms with Gasteiger partial charge in [-0.15, -0.1) is 0 Å². The van der Waals surface area contributed by atoms with Crippen molar-refractivity contribution in [1.82, 2.24) is 0 Å². The Morgan fingerprint density at radius 3 is 2.37 bits per heavy atom. The molecule has 1 saturated heterocycles. The summed E-state index contributed by atoms with van der Waals surface area (Å²) in [4.78, 5) is 0. The van der Waals surface area contributed by atoms with E-state index in [4.69, 9.17) is 18.9 Å². The fraction of sp³-hybridized carbons (Fsp3) is 0.538. The third-order valence-electron chi connectivity index (χ3n) is 6.81. The van der Waals surface area contributed by atoms with Gasteiger partial charge in [0.2, 0.25) is 5.75 Å². The molecule has 4 bridgehead atoms. The van der Waals surface area contributed by atoms with Crippen LogP contribution in [0.4, 0.5) is 0 Å². The average molecular weight is 491 g/mol. The summed E-state index contributed by atoms with van der Waals surface area (Å²) in [5.74, 6) is 0.670. The number of rotatable bonds is 4. The van der Waals surface area contributed by atoms with E-state index < -0.39 is 24.6 Å². The molecule has 9 nitrogen and oxygen atoms in total. The van der Waals surface area contributed by atoms with Crippen LogP contribution in [0.25, 0.3) is 11.1 Å². The zero-order valence-corrected chi connectivity index (χ0v) is 20.0. The van der Waals surface area contributed by atoms with Crippen molar-refractivity contribution in [2.75, 3.05) is 20.8 Å². The Bertz CT molecular complexity index is 1020. The monoisotopic (exact) mass is 490 g/mol. The first kappa shape index (κ1) is 25.5. The van der Waals surface area contributed by atoms with Crippen LogP contribution in [0.3, 0.4) is 0 Å². The Hall–Kier alpha value is -2.56. The van der Waals surface area contributed by atoms with E-state index in [2.05, 4.69) is 0 Å². The summed E-state index contributed by atoms with van der Waals surface area (Å²) in [7, 11) is 2.96. The van der Waals surface area contributed by atoms with Crippen molar-refractivity contribution in [2.24, 2.45) is 0 Å². The Morgan fingerprint density at radius 2 is 1.63 bits per heavy atom. The highest BCUT2D eigenvalue weighted by atomic mass is 16.7. The summed E-state index contributed by atoms with van der Waals surface area (Å²) in [6, 6.07) is 7.19. The molecule has 5 N–H and O–H groups in total. The molecule has 1 fully saturated rings. The number of hydrogen-bond acceptors (Lipinski definition) is 9. The molecule has 0 spiro atoms. The number of hydrogen-bond donors (Lipinski definition) is 5. The number of phenols is 2. The third-order valence-corrected chi connectivity index (χ3v) is 6.81. The molecule has 2 aromatic rings. The Labute approximate surface area is 204 Å². The summed E-state index contributed by atoms with van der Waals surface area (Å²) < 4.78 is 22.5. The molecular formula is C26H34O9. The second-order valence-electron chi connectivity index (χ2n) is 9.14. The first-order chi connectivity index (χ1) is 16.8. The van der Waals surface area contributed by atoms with E-state index in [1.807, 2.05) is 18.2 Å². The van der Waals surface area contributed by atoms with Crippen molar-refractivity contribution in [2.45, 2.75) is 69.2 Å². The lowest BCUT2D eigenvalue weighted by Crippen LogP contribution is -2.54. The number of fused-ring (bicyclic) bond motifs is 5. The summed E-state index contributed by atoms with van der Waals surface area (Å²) >= 11 is 0. The van der Waals surface area contributed by atoms with Crippen molar-refractivity contribution in [3.8, 4) is 34.1 Å². The SMILES string of the molecule is COc1c2cc(c(O)c1OC)CCCCC(OC1OCC(O)C(O)C1O)CCc1ccc(O)c-2c1. The molecule has 5 unspecified atom stereocenters. The van der Waals surface area contributed by atoms with Gasteiger partial charge in [-0.3, -0.25) is 0 Å². The van der Waals surface area contributed by atoms with Gasteiger partial charge >= 0.3 is 0 Å². The summed E-state index contributed by atoms with van der Waals surface area (Å²) in [6.07, 6.45) is -1.09. The molecule has 1 aliphatic heterocycles. The molecule has 0 aromatic heterocycles. The average Bonchev–Trinajstić information content (AvgIpc) is 2.86. The smallest absolute Gasteiger partial charge is 0.203 e. The number of ether oxygens (including phenoxy) is 4. The Kier molecular flexibility index (Phi) is 8.03. The van der Waals surface area contributed by atoms with E-state index in [1.54, 1.807) is 6.07 Å². The van der Waals surface area contributed by atoms with E-state index in [0.29, 0.717) is 48.1 Å². The fourth-order valence-electron chi connectivity index (χ4n) is 4.81. The van der Waals surface area contributed by atoms with Gasteiger partial charge in [-0.05, 0) is 61.4 Å². The number of aryl methyl sites for hydroxylation is 2. The predicted molar refractivity (Wildman–Crippen MR) is 127 cm³/mol. The molecule has 192 valence electrons. The molecule has 35 heavy (non-hydrogen) atoms. The fourth-order valence-corrected chi connectivity index (χ4v) is 4.81. The van der Waals surface area contributed by atoms with E-state index in [0.717, 1.165) is 18.4 Å². The van der Waals surface area contributed by atoms with Gasteiger partial charge in [0.15, 0.2) is 17.8 Å². The minimum Gasteiger partial charge on any atom is -0.507 e. The molecule has 1 heterocycles. The number of aliphatic hydroxyl groups is 3. The summed E-state index contributed by atoms with van der Waals surface area (Å²) in [5, 5.41) is 51.5. The van der Waals surface area contributed by atoms with Crippen LogP contribution >= 0.6 is 0 Å².